The summed E-state index contributed by atoms with van der Waals surface area (Å²) in [5.74, 6) is 0.690. The van der Waals surface area contributed by atoms with Gasteiger partial charge in [0.25, 0.3) is 5.91 Å². The number of rotatable bonds is 3. The molecule has 100 valence electrons. The van der Waals surface area contributed by atoms with Crippen LogP contribution < -0.4 is 5.73 Å². The van der Waals surface area contributed by atoms with Gasteiger partial charge in [0, 0.05) is 19.8 Å². The SMILES string of the molecule is CN(CC1CCC1)C(=O)c1sc2cccnc2c1N. The number of carbonyl (C=O) groups excluding carboxylic acids is 1. The van der Waals surface area contributed by atoms with E-state index in [1.54, 1.807) is 11.1 Å². The van der Waals surface area contributed by atoms with Crippen molar-refractivity contribution >= 4 is 33.1 Å². The molecule has 0 saturated heterocycles. The van der Waals surface area contributed by atoms with Crippen molar-refractivity contribution in [3.8, 4) is 0 Å². The summed E-state index contributed by atoms with van der Waals surface area (Å²) >= 11 is 1.43. The van der Waals surface area contributed by atoms with Crippen molar-refractivity contribution < 1.29 is 4.79 Å². The van der Waals surface area contributed by atoms with E-state index in [2.05, 4.69) is 4.98 Å². The zero-order valence-electron chi connectivity index (χ0n) is 10.9. The maximum absolute atomic E-state index is 12.4. The molecular formula is C14H17N3OS. The molecule has 2 aromatic rings. The molecule has 1 aliphatic carbocycles. The zero-order valence-corrected chi connectivity index (χ0v) is 11.7. The van der Waals surface area contributed by atoms with Gasteiger partial charge < -0.3 is 10.6 Å². The zero-order chi connectivity index (χ0) is 13.4. The summed E-state index contributed by atoms with van der Waals surface area (Å²) in [7, 11) is 1.86. The van der Waals surface area contributed by atoms with Crippen molar-refractivity contribution in [1.82, 2.24) is 9.88 Å². The largest absolute Gasteiger partial charge is 0.396 e. The second-order valence-electron chi connectivity index (χ2n) is 5.18. The number of hydrogen-bond donors (Lipinski definition) is 1. The van der Waals surface area contributed by atoms with E-state index < -0.39 is 0 Å². The fourth-order valence-corrected chi connectivity index (χ4v) is 3.50. The fraction of sp³-hybridized carbons (Fsp3) is 0.429. The molecule has 0 aromatic carbocycles. The normalized spacial score (nSPS) is 15.4. The molecule has 0 bridgehead atoms. The van der Waals surface area contributed by atoms with E-state index in [1.807, 2.05) is 19.2 Å². The molecule has 2 N–H and O–H groups in total. The predicted molar refractivity (Wildman–Crippen MR) is 78.3 cm³/mol. The number of carbonyl (C=O) groups is 1. The second kappa shape index (κ2) is 4.81. The van der Waals surface area contributed by atoms with Gasteiger partial charge >= 0.3 is 0 Å². The summed E-state index contributed by atoms with van der Waals surface area (Å²) in [6, 6.07) is 3.82. The minimum atomic E-state index is 0.0207. The van der Waals surface area contributed by atoms with Crippen molar-refractivity contribution in [2.75, 3.05) is 19.3 Å². The molecule has 0 atom stereocenters. The van der Waals surface area contributed by atoms with E-state index in [0.717, 1.165) is 16.8 Å². The number of anilines is 1. The molecule has 0 radical (unpaired) electrons. The number of aromatic nitrogens is 1. The maximum Gasteiger partial charge on any atom is 0.265 e. The molecule has 4 nitrogen and oxygen atoms in total. The van der Waals surface area contributed by atoms with E-state index in [9.17, 15) is 4.79 Å². The molecule has 19 heavy (non-hydrogen) atoms. The number of pyridine rings is 1. The van der Waals surface area contributed by atoms with E-state index in [1.165, 1.54) is 30.6 Å². The van der Waals surface area contributed by atoms with Crippen LogP contribution in [0.2, 0.25) is 0 Å². The number of nitrogen functional groups attached to an aromatic ring is 1. The Kier molecular flexibility index (Phi) is 3.14. The first-order valence-corrected chi connectivity index (χ1v) is 7.37. The van der Waals surface area contributed by atoms with Gasteiger partial charge in [-0.15, -0.1) is 11.3 Å². The lowest BCUT2D eigenvalue weighted by molar-refractivity contribution is 0.0751. The van der Waals surface area contributed by atoms with Gasteiger partial charge in [0.1, 0.15) is 10.4 Å². The molecule has 1 aliphatic rings. The minimum Gasteiger partial charge on any atom is -0.396 e. The highest BCUT2D eigenvalue weighted by Crippen LogP contribution is 2.33. The molecule has 2 heterocycles. The van der Waals surface area contributed by atoms with Crippen LogP contribution in [-0.2, 0) is 0 Å². The highest BCUT2D eigenvalue weighted by atomic mass is 32.1. The number of nitrogens with two attached hydrogens (primary N) is 1. The summed E-state index contributed by atoms with van der Waals surface area (Å²) < 4.78 is 0.973. The quantitative estimate of drug-likeness (QED) is 0.937. The molecule has 1 saturated carbocycles. The number of nitrogens with zero attached hydrogens (tertiary/aromatic N) is 2. The van der Waals surface area contributed by atoms with Crippen molar-refractivity contribution in [1.29, 1.82) is 0 Å². The molecule has 0 spiro atoms. The average molecular weight is 275 g/mol. The van der Waals surface area contributed by atoms with E-state index in [0.29, 0.717) is 16.5 Å². The first kappa shape index (κ1) is 12.4. The monoisotopic (exact) mass is 275 g/mol. The number of amides is 1. The molecule has 0 unspecified atom stereocenters. The Hall–Kier alpha value is -1.62. The lowest BCUT2D eigenvalue weighted by Crippen LogP contribution is -2.34. The Labute approximate surface area is 116 Å². The van der Waals surface area contributed by atoms with Crippen molar-refractivity contribution in [2.24, 2.45) is 5.92 Å². The lowest BCUT2D eigenvalue weighted by Gasteiger charge is -2.30. The van der Waals surface area contributed by atoms with Crippen LogP contribution in [0.5, 0.6) is 0 Å². The maximum atomic E-state index is 12.4. The van der Waals surface area contributed by atoms with Gasteiger partial charge in [0.2, 0.25) is 0 Å². The standard InChI is InChI=1S/C14H17N3OS/c1-17(8-9-4-2-5-9)14(18)13-11(15)12-10(19-13)6-3-7-16-12/h3,6-7,9H,2,4-5,8,15H2,1H3. The van der Waals surface area contributed by atoms with E-state index >= 15 is 0 Å². The van der Waals surface area contributed by atoms with Crippen LogP contribution >= 0.6 is 11.3 Å². The number of fused-ring (bicyclic) bond motifs is 1. The summed E-state index contributed by atoms with van der Waals surface area (Å²) in [6.45, 7) is 0.833. The van der Waals surface area contributed by atoms with Gasteiger partial charge in [-0.1, -0.05) is 6.42 Å². The first-order chi connectivity index (χ1) is 9.16. The van der Waals surface area contributed by atoms with E-state index in [-0.39, 0.29) is 5.91 Å². The highest BCUT2D eigenvalue weighted by molar-refractivity contribution is 7.21. The molecule has 1 fully saturated rings. The predicted octanol–water partition coefficient (Wildman–Crippen LogP) is 2.75. The van der Waals surface area contributed by atoms with Crippen LogP contribution in [0.1, 0.15) is 28.9 Å². The lowest BCUT2D eigenvalue weighted by atomic mass is 9.85. The van der Waals surface area contributed by atoms with Crippen molar-refractivity contribution in [3.05, 3.63) is 23.2 Å². The molecule has 1 amide bonds. The van der Waals surface area contributed by atoms with Gasteiger partial charge in [-0.25, -0.2) is 0 Å². The Balaban J connectivity index is 1.86. The number of hydrogen-bond acceptors (Lipinski definition) is 4. The summed E-state index contributed by atoms with van der Waals surface area (Å²) in [6.07, 6.45) is 5.47. The van der Waals surface area contributed by atoms with Crippen molar-refractivity contribution in [2.45, 2.75) is 19.3 Å². The molecule has 5 heteroatoms. The summed E-state index contributed by atoms with van der Waals surface area (Å²) in [5.41, 5.74) is 7.32. The Morgan fingerprint density at radius 1 is 1.58 bits per heavy atom. The van der Waals surface area contributed by atoms with Crippen LogP contribution in [0.3, 0.4) is 0 Å². The Morgan fingerprint density at radius 3 is 3.00 bits per heavy atom. The van der Waals surface area contributed by atoms with Crippen LogP contribution in [0.4, 0.5) is 5.69 Å². The van der Waals surface area contributed by atoms with Crippen LogP contribution in [0.15, 0.2) is 18.3 Å². The molecule has 3 rings (SSSR count). The smallest absolute Gasteiger partial charge is 0.265 e. The van der Waals surface area contributed by atoms with Crippen molar-refractivity contribution in [3.63, 3.8) is 0 Å². The topological polar surface area (TPSA) is 59.2 Å². The third-order valence-corrected chi connectivity index (χ3v) is 4.93. The number of thiophene rings is 1. The first-order valence-electron chi connectivity index (χ1n) is 6.55. The van der Waals surface area contributed by atoms with E-state index in [4.69, 9.17) is 5.73 Å². The van der Waals surface area contributed by atoms with Gasteiger partial charge in [0.15, 0.2) is 0 Å². The fourth-order valence-electron chi connectivity index (χ4n) is 2.43. The summed E-state index contributed by atoms with van der Waals surface area (Å²) in [4.78, 5) is 19.1. The van der Waals surface area contributed by atoms with Gasteiger partial charge in [-0.3, -0.25) is 9.78 Å². The Morgan fingerprint density at radius 2 is 2.37 bits per heavy atom. The Bertz CT molecular complexity index is 618. The van der Waals surface area contributed by atoms with Gasteiger partial charge in [0.05, 0.1) is 10.4 Å². The highest BCUT2D eigenvalue weighted by Gasteiger charge is 2.25. The molecular weight excluding hydrogens is 258 g/mol. The third-order valence-electron chi connectivity index (χ3n) is 3.78. The second-order valence-corrected chi connectivity index (χ2v) is 6.23. The minimum absolute atomic E-state index is 0.0207. The molecule has 2 aromatic heterocycles. The van der Waals surface area contributed by atoms with Gasteiger partial charge in [-0.2, -0.15) is 0 Å². The van der Waals surface area contributed by atoms with Crippen LogP contribution in [0, 0.1) is 5.92 Å². The van der Waals surface area contributed by atoms with Crippen LogP contribution in [-0.4, -0.2) is 29.4 Å². The van der Waals surface area contributed by atoms with Crippen LogP contribution in [0.25, 0.3) is 10.2 Å². The third kappa shape index (κ3) is 2.18. The van der Waals surface area contributed by atoms with Gasteiger partial charge in [-0.05, 0) is 30.9 Å². The molecule has 0 aliphatic heterocycles. The summed E-state index contributed by atoms with van der Waals surface area (Å²) in [5, 5.41) is 0. The average Bonchev–Trinajstić information content (AvgIpc) is 2.71.